The first-order chi connectivity index (χ1) is 8.15. The summed E-state index contributed by atoms with van der Waals surface area (Å²) in [6.45, 7) is 2.67. The number of likely N-dealkylation sites (N-methyl/N-ethyl adjacent to an activating group) is 1. The van der Waals surface area contributed by atoms with Gasteiger partial charge < -0.3 is 9.42 Å². The third kappa shape index (κ3) is 3.36. The van der Waals surface area contributed by atoms with E-state index in [1.54, 1.807) is 0 Å². The highest BCUT2D eigenvalue weighted by Gasteiger charge is 2.21. The second kappa shape index (κ2) is 5.40. The maximum atomic E-state index is 10.9. The molecule has 94 valence electrons. The summed E-state index contributed by atoms with van der Waals surface area (Å²) in [5.74, 6) is 1.22. The van der Waals surface area contributed by atoms with Crippen molar-refractivity contribution in [1.82, 2.24) is 15.0 Å². The Balaban J connectivity index is 1.93. The van der Waals surface area contributed by atoms with Gasteiger partial charge in [-0.2, -0.15) is 4.98 Å². The van der Waals surface area contributed by atoms with E-state index in [0.717, 1.165) is 13.0 Å². The number of hydrogen-bond donors (Lipinski definition) is 0. The summed E-state index contributed by atoms with van der Waals surface area (Å²) in [5.41, 5.74) is 0. The lowest BCUT2D eigenvalue weighted by molar-refractivity contribution is -0.116. The average molecular weight is 237 g/mol. The smallest absolute Gasteiger partial charge is 0.228 e. The summed E-state index contributed by atoms with van der Waals surface area (Å²) < 4.78 is 5.18. The fourth-order valence-corrected chi connectivity index (χ4v) is 2.27. The Morgan fingerprint density at radius 3 is 3.06 bits per heavy atom. The van der Waals surface area contributed by atoms with Gasteiger partial charge in [-0.15, -0.1) is 0 Å². The molecule has 1 saturated heterocycles. The van der Waals surface area contributed by atoms with E-state index < -0.39 is 0 Å². The molecular weight excluding hydrogens is 218 g/mol. The van der Waals surface area contributed by atoms with E-state index in [9.17, 15) is 4.79 Å². The standard InChI is InChI=1S/C12H19N3O2/c1-9(16)7-11-13-12(17-14-11)8-10-5-3-4-6-15(10)2/h10H,3-8H2,1-2H3. The van der Waals surface area contributed by atoms with Crippen LogP contribution in [-0.2, 0) is 17.6 Å². The Labute approximate surface area is 101 Å². The highest BCUT2D eigenvalue weighted by Crippen LogP contribution is 2.18. The molecule has 0 aliphatic carbocycles. The van der Waals surface area contributed by atoms with Crippen molar-refractivity contribution >= 4 is 5.78 Å². The van der Waals surface area contributed by atoms with Crippen molar-refractivity contribution in [2.45, 2.75) is 45.1 Å². The van der Waals surface area contributed by atoms with Crippen LogP contribution in [0.4, 0.5) is 0 Å². The van der Waals surface area contributed by atoms with Crippen LogP contribution in [0.1, 0.15) is 37.9 Å². The molecule has 5 heteroatoms. The van der Waals surface area contributed by atoms with Crippen LogP contribution in [0.15, 0.2) is 4.52 Å². The van der Waals surface area contributed by atoms with Crippen LogP contribution in [0.25, 0.3) is 0 Å². The molecule has 5 nitrogen and oxygen atoms in total. The van der Waals surface area contributed by atoms with Crippen LogP contribution >= 0.6 is 0 Å². The van der Waals surface area contributed by atoms with E-state index in [2.05, 4.69) is 22.1 Å². The van der Waals surface area contributed by atoms with E-state index in [1.807, 2.05) is 0 Å². The molecule has 1 unspecified atom stereocenters. The molecular formula is C12H19N3O2. The number of nitrogens with zero attached hydrogens (tertiary/aromatic N) is 3. The monoisotopic (exact) mass is 237 g/mol. The van der Waals surface area contributed by atoms with Crippen LogP contribution in [0.5, 0.6) is 0 Å². The topological polar surface area (TPSA) is 59.2 Å². The molecule has 1 aliphatic heterocycles. The Morgan fingerprint density at radius 1 is 1.53 bits per heavy atom. The van der Waals surface area contributed by atoms with Gasteiger partial charge in [0, 0.05) is 12.5 Å². The Kier molecular flexibility index (Phi) is 3.89. The Hall–Kier alpha value is -1.23. The maximum absolute atomic E-state index is 10.9. The van der Waals surface area contributed by atoms with Gasteiger partial charge in [-0.1, -0.05) is 11.6 Å². The van der Waals surface area contributed by atoms with Gasteiger partial charge in [0.25, 0.3) is 0 Å². The Morgan fingerprint density at radius 2 is 2.35 bits per heavy atom. The van der Waals surface area contributed by atoms with Crippen molar-refractivity contribution in [3.05, 3.63) is 11.7 Å². The molecule has 2 heterocycles. The molecule has 17 heavy (non-hydrogen) atoms. The molecule has 0 saturated carbocycles. The summed E-state index contributed by atoms with van der Waals surface area (Å²) in [6, 6.07) is 0.495. The normalized spacial score (nSPS) is 21.6. The lowest BCUT2D eigenvalue weighted by Crippen LogP contribution is -2.37. The second-order valence-electron chi connectivity index (χ2n) is 4.82. The number of ketones is 1. The van der Waals surface area contributed by atoms with Crippen molar-refractivity contribution < 1.29 is 9.32 Å². The number of carbonyl (C=O) groups is 1. The quantitative estimate of drug-likeness (QED) is 0.788. The highest BCUT2D eigenvalue weighted by atomic mass is 16.5. The van der Waals surface area contributed by atoms with Gasteiger partial charge in [-0.05, 0) is 33.4 Å². The number of rotatable bonds is 4. The van der Waals surface area contributed by atoms with E-state index in [-0.39, 0.29) is 12.2 Å². The molecule has 2 rings (SSSR count). The van der Waals surface area contributed by atoms with Crippen LogP contribution in [0.3, 0.4) is 0 Å². The molecule has 1 aromatic heterocycles. The van der Waals surface area contributed by atoms with Gasteiger partial charge in [-0.25, -0.2) is 0 Å². The van der Waals surface area contributed by atoms with Crippen LogP contribution in [0, 0.1) is 0 Å². The van der Waals surface area contributed by atoms with E-state index in [1.165, 1.54) is 26.2 Å². The zero-order chi connectivity index (χ0) is 12.3. The van der Waals surface area contributed by atoms with Gasteiger partial charge in [0.05, 0.1) is 6.42 Å². The summed E-state index contributed by atoms with van der Waals surface area (Å²) in [7, 11) is 2.14. The molecule has 1 fully saturated rings. The molecule has 1 aromatic rings. The fraction of sp³-hybridized carbons (Fsp3) is 0.750. The molecule has 0 aromatic carbocycles. The van der Waals surface area contributed by atoms with Gasteiger partial charge in [0.1, 0.15) is 5.78 Å². The molecule has 0 amide bonds. The van der Waals surface area contributed by atoms with Crippen LogP contribution in [-0.4, -0.2) is 40.5 Å². The van der Waals surface area contributed by atoms with E-state index in [0.29, 0.717) is 17.8 Å². The van der Waals surface area contributed by atoms with Crippen molar-refractivity contribution in [2.24, 2.45) is 0 Å². The van der Waals surface area contributed by atoms with Crippen molar-refractivity contribution in [3.63, 3.8) is 0 Å². The molecule has 0 bridgehead atoms. The van der Waals surface area contributed by atoms with E-state index >= 15 is 0 Å². The zero-order valence-corrected chi connectivity index (χ0v) is 10.5. The Bertz CT molecular complexity index is 389. The first-order valence-corrected chi connectivity index (χ1v) is 6.16. The minimum Gasteiger partial charge on any atom is -0.339 e. The predicted octanol–water partition coefficient (Wildman–Crippen LogP) is 1.23. The van der Waals surface area contributed by atoms with Gasteiger partial charge >= 0.3 is 0 Å². The number of aromatic nitrogens is 2. The number of Topliss-reactive ketones (excluding diaryl/α,β-unsaturated/α-hetero) is 1. The van der Waals surface area contributed by atoms with Gasteiger partial charge in [0.2, 0.25) is 5.89 Å². The number of likely N-dealkylation sites (tertiary alicyclic amines) is 1. The first kappa shape index (κ1) is 12.2. The largest absolute Gasteiger partial charge is 0.339 e. The summed E-state index contributed by atoms with van der Waals surface area (Å²) in [6.07, 6.45) is 4.78. The summed E-state index contributed by atoms with van der Waals surface area (Å²) >= 11 is 0. The van der Waals surface area contributed by atoms with E-state index in [4.69, 9.17) is 4.52 Å². The van der Waals surface area contributed by atoms with Crippen molar-refractivity contribution in [1.29, 1.82) is 0 Å². The third-order valence-corrected chi connectivity index (χ3v) is 3.25. The van der Waals surface area contributed by atoms with Crippen LogP contribution < -0.4 is 0 Å². The highest BCUT2D eigenvalue weighted by molar-refractivity contribution is 5.77. The lowest BCUT2D eigenvalue weighted by Gasteiger charge is -2.31. The number of hydrogen-bond acceptors (Lipinski definition) is 5. The van der Waals surface area contributed by atoms with Gasteiger partial charge in [0.15, 0.2) is 5.82 Å². The van der Waals surface area contributed by atoms with Gasteiger partial charge in [-0.3, -0.25) is 4.79 Å². The van der Waals surface area contributed by atoms with Crippen molar-refractivity contribution in [2.75, 3.05) is 13.6 Å². The lowest BCUT2D eigenvalue weighted by atomic mass is 10.0. The number of carbonyl (C=O) groups excluding carboxylic acids is 1. The summed E-state index contributed by atoms with van der Waals surface area (Å²) in [5, 5.41) is 3.82. The predicted molar refractivity (Wildman–Crippen MR) is 62.7 cm³/mol. The minimum absolute atomic E-state index is 0.0622. The molecule has 1 aliphatic rings. The SMILES string of the molecule is CC(=O)Cc1noc(CC2CCCCN2C)n1. The number of piperidine rings is 1. The third-order valence-electron chi connectivity index (χ3n) is 3.25. The van der Waals surface area contributed by atoms with Crippen LogP contribution in [0.2, 0.25) is 0 Å². The fourth-order valence-electron chi connectivity index (χ4n) is 2.27. The van der Waals surface area contributed by atoms with Crippen molar-refractivity contribution in [3.8, 4) is 0 Å². The molecule has 0 radical (unpaired) electrons. The summed E-state index contributed by atoms with van der Waals surface area (Å²) in [4.78, 5) is 17.5. The molecule has 1 atom stereocenters. The minimum atomic E-state index is 0.0622. The zero-order valence-electron chi connectivity index (χ0n) is 10.5. The first-order valence-electron chi connectivity index (χ1n) is 6.16. The molecule has 0 N–H and O–H groups in total. The average Bonchev–Trinajstić information content (AvgIpc) is 2.68. The second-order valence-corrected chi connectivity index (χ2v) is 4.82. The molecule has 0 spiro atoms. The maximum Gasteiger partial charge on any atom is 0.228 e.